The minimum Gasteiger partial charge on any atom is -0.147 e. The molecule has 0 saturated heterocycles. The Labute approximate surface area is 174 Å². The van der Waals surface area contributed by atoms with Gasteiger partial charge in [0, 0.05) is 0 Å². The van der Waals surface area contributed by atoms with Gasteiger partial charge in [-0.2, -0.15) is 0 Å². The largest absolute Gasteiger partial charge is 0.147 e. The van der Waals surface area contributed by atoms with Gasteiger partial charge >= 0.3 is 151 Å². The molecular formula is C22H25Cl2SiZr. The van der Waals surface area contributed by atoms with Crippen LogP contribution < -0.4 is 0 Å². The normalized spacial score (nSPS) is 15.7. The summed E-state index contributed by atoms with van der Waals surface area (Å²) in [5, 5.41) is 2.67. The van der Waals surface area contributed by atoms with E-state index in [9.17, 15) is 0 Å². The van der Waals surface area contributed by atoms with Gasteiger partial charge in [0.05, 0.1) is 0 Å². The molecule has 1 aliphatic rings. The van der Waals surface area contributed by atoms with Gasteiger partial charge in [-0.3, -0.25) is 0 Å². The van der Waals surface area contributed by atoms with E-state index < -0.39 is 18.9 Å². The fourth-order valence-electron chi connectivity index (χ4n) is 4.28. The second kappa shape index (κ2) is 8.15. The molecule has 4 heteroatoms. The molecule has 26 heavy (non-hydrogen) atoms. The van der Waals surface area contributed by atoms with Crippen molar-refractivity contribution in [1.29, 1.82) is 0 Å². The second-order valence-electron chi connectivity index (χ2n) is 7.65. The number of hydrogen-bond donors (Lipinski definition) is 0. The monoisotopic (exact) mass is 477 g/mol. The molecule has 3 aromatic carbocycles. The molecule has 0 radical (unpaired) electrons. The molecule has 0 heterocycles. The van der Waals surface area contributed by atoms with Gasteiger partial charge in [-0.05, 0) is 0 Å². The van der Waals surface area contributed by atoms with Crippen LogP contribution >= 0.6 is 24.8 Å². The van der Waals surface area contributed by atoms with E-state index in [2.05, 4.69) is 89.8 Å². The third kappa shape index (κ3) is 3.67. The maximum Gasteiger partial charge on any atom is -0.147 e. The van der Waals surface area contributed by atoms with E-state index in [4.69, 9.17) is 0 Å². The van der Waals surface area contributed by atoms with Crippen LogP contribution in [-0.2, 0) is 18.9 Å². The minimum absolute atomic E-state index is 0. The maximum atomic E-state index is 2.56. The Kier molecular flexibility index (Phi) is 6.78. The van der Waals surface area contributed by atoms with Gasteiger partial charge < -0.3 is 0 Å². The van der Waals surface area contributed by atoms with Crippen LogP contribution in [0.4, 0.5) is 0 Å². The summed E-state index contributed by atoms with van der Waals surface area (Å²) >= 11 is -2.04. The quantitative estimate of drug-likeness (QED) is 0.363. The van der Waals surface area contributed by atoms with Crippen LogP contribution in [0.5, 0.6) is 0 Å². The summed E-state index contributed by atoms with van der Waals surface area (Å²) in [5.41, 5.74) is 7.38. The molecule has 1 aliphatic carbocycles. The van der Waals surface area contributed by atoms with Crippen molar-refractivity contribution in [1.82, 2.24) is 0 Å². The second-order valence-corrected chi connectivity index (χ2v) is 29.6. The first kappa shape index (κ1) is 21.6. The molecule has 0 aromatic heterocycles. The molecule has 0 spiro atoms. The van der Waals surface area contributed by atoms with E-state index >= 15 is 0 Å². The van der Waals surface area contributed by atoms with E-state index in [1.807, 2.05) is 0 Å². The van der Waals surface area contributed by atoms with E-state index in [1.54, 1.807) is 11.1 Å². The van der Waals surface area contributed by atoms with Gasteiger partial charge in [0.25, 0.3) is 0 Å². The molecule has 0 N–H and O–H groups in total. The SMILES string of the molecule is CC1=Cc2c(-c3cccc4ccccc34)cccc2[CH]1[Zr]([CH3])([CH3])=[SiH2].Cl.Cl. The van der Waals surface area contributed by atoms with Gasteiger partial charge in [-0.1, -0.05) is 0 Å². The van der Waals surface area contributed by atoms with Crippen molar-refractivity contribution in [2.24, 2.45) is 0 Å². The summed E-state index contributed by atoms with van der Waals surface area (Å²) in [6.07, 6.45) is 2.46. The average Bonchev–Trinajstić information content (AvgIpc) is 2.90. The molecule has 135 valence electrons. The number of fused-ring (bicyclic) bond motifs is 2. The third-order valence-electron chi connectivity index (χ3n) is 5.14. The zero-order chi connectivity index (χ0) is 16.9. The van der Waals surface area contributed by atoms with Gasteiger partial charge in [0.1, 0.15) is 0 Å². The van der Waals surface area contributed by atoms with Crippen molar-refractivity contribution < 1.29 is 18.9 Å². The first-order valence-corrected chi connectivity index (χ1v) is 20.9. The number of hydrogen-bond acceptors (Lipinski definition) is 0. The number of rotatable bonds is 2. The van der Waals surface area contributed by atoms with Crippen molar-refractivity contribution >= 4 is 48.5 Å². The Morgan fingerprint density at radius 2 is 1.42 bits per heavy atom. The average molecular weight is 480 g/mol. The van der Waals surface area contributed by atoms with Crippen LogP contribution in [0.2, 0.25) is 9.26 Å². The van der Waals surface area contributed by atoms with Gasteiger partial charge in [-0.15, -0.1) is 24.8 Å². The van der Waals surface area contributed by atoms with E-state index in [-0.39, 0.29) is 24.8 Å². The molecule has 0 amide bonds. The Bertz CT molecular complexity index is 1030. The van der Waals surface area contributed by atoms with Crippen LogP contribution in [0.3, 0.4) is 0 Å². The van der Waals surface area contributed by atoms with Gasteiger partial charge in [0.15, 0.2) is 0 Å². The molecule has 1 atom stereocenters. The van der Waals surface area contributed by atoms with Crippen LogP contribution in [0.25, 0.3) is 28.0 Å². The molecule has 0 saturated carbocycles. The fourth-order valence-corrected chi connectivity index (χ4v) is 13.4. The number of benzene rings is 3. The summed E-state index contributed by atoms with van der Waals surface area (Å²) in [6.45, 7) is 4.66. The Morgan fingerprint density at radius 1 is 0.808 bits per heavy atom. The first-order chi connectivity index (χ1) is 11.5. The summed E-state index contributed by atoms with van der Waals surface area (Å²) in [6, 6.07) is 22.3. The third-order valence-corrected chi connectivity index (χ3v) is 13.3. The van der Waals surface area contributed by atoms with Gasteiger partial charge in [0.2, 0.25) is 0 Å². The molecule has 0 nitrogen and oxygen atoms in total. The predicted octanol–water partition coefficient (Wildman–Crippen LogP) is 6.61. The molecule has 3 aromatic rings. The number of allylic oxidation sites excluding steroid dienone is 1. The molecule has 0 aliphatic heterocycles. The Balaban J connectivity index is 0.00000121. The van der Waals surface area contributed by atoms with Crippen LogP contribution in [0, 0.1) is 0 Å². The molecule has 0 bridgehead atoms. The predicted molar refractivity (Wildman–Crippen MR) is 121 cm³/mol. The molecule has 4 rings (SSSR count). The van der Waals surface area contributed by atoms with Crippen molar-refractivity contribution in [2.45, 2.75) is 19.8 Å². The van der Waals surface area contributed by atoms with Gasteiger partial charge in [-0.25, -0.2) is 0 Å². The smallest absolute Gasteiger partial charge is 0.147 e. The van der Waals surface area contributed by atoms with Crippen LogP contribution in [0.1, 0.15) is 21.7 Å². The standard InChI is InChI=1S/C20H15.2CH3.2ClH.H2Si.Zr/c1-14-12-16-8-5-11-19(20(16)13-14)18-10-4-7-15-6-2-3-9-17(15)18;;;;;;/h2-13H,1H3;2*1H3;2*1H;1H2;. The number of halogens is 2. The summed E-state index contributed by atoms with van der Waals surface area (Å²) in [4.78, 5) is 0. The topological polar surface area (TPSA) is 0 Å². The summed E-state index contributed by atoms with van der Waals surface area (Å²) in [5.74, 6) is 0. The van der Waals surface area contributed by atoms with Crippen molar-refractivity contribution in [3.8, 4) is 11.1 Å². The first-order valence-electron chi connectivity index (χ1n) is 8.61. The zero-order valence-corrected chi connectivity index (χ0v) is 21.0. The Hall–Kier alpha value is -0.660. The van der Waals surface area contributed by atoms with E-state index in [0.717, 1.165) is 3.63 Å². The van der Waals surface area contributed by atoms with Crippen LogP contribution in [0.15, 0.2) is 66.2 Å². The minimum atomic E-state index is -2.04. The summed E-state index contributed by atoms with van der Waals surface area (Å²) in [7, 11) is 0. The van der Waals surface area contributed by atoms with Crippen molar-refractivity contribution in [3.05, 3.63) is 77.4 Å². The molecule has 1 unspecified atom stereocenters. The fraction of sp³-hybridized carbons (Fsp3) is 0.182. The summed E-state index contributed by atoms with van der Waals surface area (Å²) < 4.78 is 5.85. The molecular weight excluding hydrogens is 454 g/mol. The molecule has 0 fully saturated rings. The van der Waals surface area contributed by atoms with E-state index in [1.165, 1.54) is 27.5 Å². The van der Waals surface area contributed by atoms with Crippen molar-refractivity contribution in [3.63, 3.8) is 0 Å². The zero-order valence-electron chi connectivity index (χ0n) is 15.5. The van der Waals surface area contributed by atoms with Crippen LogP contribution in [-0.4, -0.2) is 6.88 Å². The Morgan fingerprint density at radius 3 is 2.15 bits per heavy atom. The van der Waals surface area contributed by atoms with Crippen molar-refractivity contribution in [2.75, 3.05) is 0 Å². The van der Waals surface area contributed by atoms with E-state index in [0.29, 0.717) is 0 Å². The maximum absolute atomic E-state index is 2.56.